The lowest BCUT2D eigenvalue weighted by Gasteiger charge is -2.16. The zero-order valence-corrected chi connectivity index (χ0v) is 16.3. The van der Waals surface area contributed by atoms with Gasteiger partial charge in [0.2, 0.25) is 0 Å². The van der Waals surface area contributed by atoms with Gasteiger partial charge in [-0.25, -0.2) is 9.97 Å². The standard InChI is InChI=1S/C24H21N5/c1-15-9-3-6-12-19(15)28-23-22(25)24(27-16(2)26-23)29-20-13-7-4-10-17(20)18-11-5-8-14-21(18)29/h3-14H,25H2,1-2H3,(H,26,27,28). The van der Waals surface area contributed by atoms with Crippen LogP contribution in [0.2, 0.25) is 0 Å². The lowest BCUT2D eigenvalue weighted by atomic mass is 10.2. The number of anilines is 3. The molecule has 3 aromatic carbocycles. The Balaban J connectivity index is 1.77. The number of nitrogens with zero attached hydrogens (tertiary/aromatic N) is 3. The average Bonchev–Trinajstić information content (AvgIpc) is 3.06. The molecule has 2 aromatic heterocycles. The number of benzene rings is 3. The number of nitrogens with one attached hydrogen (secondary N) is 1. The first-order valence-corrected chi connectivity index (χ1v) is 9.59. The van der Waals surface area contributed by atoms with Gasteiger partial charge in [0, 0.05) is 16.5 Å². The topological polar surface area (TPSA) is 68.8 Å². The summed E-state index contributed by atoms with van der Waals surface area (Å²) in [5, 5.41) is 5.74. The van der Waals surface area contributed by atoms with Gasteiger partial charge in [-0.15, -0.1) is 0 Å². The summed E-state index contributed by atoms with van der Waals surface area (Å²) >= 11 is 0. The normalized spacial score (nSPS) is 11.2. The van der Waals surface area contributed by atoms with Crippen molar-refractivity contribution >= 4 is 39.0 Å². The molecule has 5 nitrogen and oxygen atoms in total. The summed E-state index contributed by atoms with van der Waals surface area (Å²) in [5.74, 6) is 1.96. The van der Waals surface area contributed by atoms with Crippen molar-refractivity contribution in [3.8, 4) is 5.82 Å². The van der Waals surface area contributed by atoms with E-state index in [4.69, 9.17) is 10.7 Å². The molecule has 0 aliphatic heterocycles. The number of rotatable bonds is 3. The molecule has 5 aromatic rings. The largest absolute Gasteiger partial charge is 0.393 e. The summed E-state index contributed by atoms with van der Waals surface area (Å²) in [4.78, 5) is 9.31. The second-order valence-electron chi connectivity index (χ2n) is 7.17. The highest BCUT2D eigenvalue weighted by molar-refractivity contribution is 6.09. The third-order valence-corrected chi connectivity index (χ3v) is 5.23. The number of aryl methyl sites for hydroxylation is 2. The van der Waals surface area contributed by atoms with Gasteiger partial charge in [0.05, 0.1) is 11.0 Å². The van der Waals surface area contributed by atoms with E-state index in [0.717, 1.165) is 22.3 Å². The van der Waals surface area contributed by atoms with Crippen LogP contribution in [0.25, 0.3) is 27.6 Å². The molecule has 0 aliphatic carbocycles. The van der Waals surface area contributed by atoms with Crippen LogP contribution in [0.1, 0.15) is 11.4 Å². The minimum Gasteiger partial charge on any atom is -0.393 e. The van der Waals surface area contributed by atoms with E-state index in [-0.39, 0.29) is 0 Å². The quantitative estimate of drug-likeness (QED) is 0.433. The summed E-state index contributed by atoms with van der Waals surface area (Å²) in [5.41, 5.74) is 11.4. The zero-order chi connectivity index (χ0) is 20.0. The molecule has 0 bridgehead atoms. The molecule has 2 heterocycles. The highest BCUT2D eigenvalue weighted by Gasteiger charge is 2.18. The van der Waals surface area contributed by atoms with Gasteiger partial charge in [-0.2, -0.15) is 0 Å². The van der Waals surface area contributed by atoms with Crippen molar-refractivity contribution in [3.63, 3.8) is 0 Å². The fraction of sp³-hybridized carbons (Fsp3) is 0.0833. The fourth-order valence-electron chi connectivity index (χ4n) is 3.82. The molecular formula is C24H21N5. The van der Waals surface area contributed by atoms with Crippen LogP contribution >= 0.6 is 0 Å². The molecule has 5 heteroatoms. The Morgan fingerprint density at radius 2 is 1.34 bits per heavy atom. The first-order valence-electron chi connectivity index (χ1n) is 9.59. The van der Waals surface area contributed by atoms with Crippen molar-refractivity contribution in [3.05, 3.63) is 84.2 Å². The van der Waals surface area contributed by atoms with Crippen LogP contribution in [-0.4, -0.2) is 14.5 Å². The van der Waals surface area contributed by atoms with Gasteiger partial charge in [-0.05, 0) is 37.6 Å². The summed E-state index contributed by atoms with van der Waals surface area (Å²) in [6.07, 6.45) is 0. The number of aromatic nitrogens is 3. The molecule has 0 saturated heterocycles. The molecule has 0 radical (unpaired) electrons. The summed E-state index contributed by atoms with van der Waals surface area (Å²) in [6, 6.07) is 24.7. The molecule has 0 amide bonds. The molecular weight excluding hydrogens is 358 g/mol. The second-order valence-corrected chi connectivity index (χ2v) is 7.17. The minimum atomic E-state index is 0.519. The van der Waals surface area contributed by atoms with E-state index in [1.807, 2.05) is 37.3 Å². The Hall–Kier alpha value is -3.86. The first kappa shape index (κ1) is 17.3. The number of nitrogen functional groups attached to an aromatic ring is 1. The molecule has 0 unspecified atom stereocenters. The van der Waals surface area contributed by atoms with E-state index in [2.05, 4.69) is 64.3 Å². The van der Waals surface area contributed by atoms with Crippen LogP contribution in [0.15, 0.2) is 72.8 Å². The van der Waals surface area contributed by atoms with E-state index < -0.39 is 0 Å². The Bertz CT molecular complexity index is 1310. The van der Waals surface area contributed by atoms with Crippen LogP contribution in [0.3, 0.4) is 0 Å². The second kappa shape index (κ2) is 6.63. The highest BCUT2D eigenvalue weighted by atomic mass is 15.1. The van der Waals surface area contributed by atoms with Crippen molar-refractivity contribution < 1.29 is 0 Å². The van der Waals surface area contributed by atoms with Crippen LogP contribution in [0, 0.1) is 13.8 Å². The average molecular weight is 379 g/mol. The van der Waals surface area contributed by atoms with Crippen LogP contribution in [0.5, 0.6) is 0 Å². The predicted octanol–water partition coefficient (Wildman–Crippen LogP) is 5.52. The van der Waals surface area contributed by atoms with E-state index in [1.165, 1.54) is 10.8 Å². The molecule has 3 N–H and O–H groups in total. The summed E-state index contributed by atoms with van der Waals surface area (Å²) in [7, 11) is 0. The van der Waals surface area contributed by atoms with Crippen molar-refractivity contribution in [2.45, 2.75) is 13.8 Å². The minimum absolute atomic E-state index is 0.519. The van der Waals surface area contributed by atoms with E-state index in [0.29, 0.717) is 23.1 Å². The molecule has 142 valence electrons. The van der Waals surface area contributed by atoms with Crippen molar-refractivity contribution in [1.82, 2.24) is 14.5 Å². The predicted molar refractivity (Wildman–Crippen MR) is 120 cm³/mol. The fourth-order valence-corrected chi connectivity index (χ4v) is 3.82. The Morgan fingerprint density at radius 1 is 0.759 bits per heavy atom. The molecule has 0 spiro atoms. The van der Waals surface area contributed by atoms with Gasteiger partial charge < -0.3 is 11.1 Å². The van der Waals surface area contributed by atoms with E-state index >= 15 is 0 Å². The molecule has 5 rings (SSSR count). The zero-order valence-electron chi connectivity index (χ0n) is 16.3. The molecule has 0 aliphatic rings. The number of nitrogens with two attached hydrogens (primary N) is 1. The highest BCUT2D eigenvalue weighted by Crippen LogP contribution is 2.35. The van der Waals surface area contributed by atoms with Crippen LogP contribution in [0.4, 0.5) is 17.2 Å². The van der Waals surface area contributed by atoms with Gasteiger partial charge in [0.15, 0.2) is 11.6 Å². The lowest BCUT2D eigenvalue weighted by molar-refractivity contribution is 0.989. The molecule has 29 heavy (non-hydrogen) atoms. The van der Waals surface area contributed by atoms with E-state index in [1.54, 1.807) is 0 Å². The maximum atomic E-state index is 6.62. The van der Waals surface area contributed by atoms with Crippen molar-refractivity contribution in [1.29, 1.82) is 0 Å². The monoisotopic (exact) mass is 379 g/mol. The molecule has 0 fully saturated rings. The SMILES string of the molecule is Cc1nc(Nc2ccccc2C)c(N)c(-n2c3ccccc3c3ccccc32)n1. The lowest BCUT2D eigenvalue weighted by Crippen LogP contribution is -2.10. The first-order chi connectivity index (χ1) is 14.1. The maximum Gasteiger partial charge on any atom is 0.166 e. The number of hydrogen-bond donors (Lipinski definition) is 2. The smallest absolute Gasteiger partial charge is 0.166 e. The van der Waals surface area contributed by atoms with Gasteiger partial charge in [-0.3, -0.25) is 4.57 Å². The molecule has 0 atom stereocenters. The van der Waals surface area contributed by atoms with E-state index in [9.17, 15) is 0 Å². The van der Waals surface area contributed by atoms with Gasteiger partial charge in [0.1, 0.15) is 11.5 Å². The van der Waals surface area contributed by atoms with Crippen LogP contribution in [-0.2, 0) is 0 Å². The van der Waals surface area contributed by atoms with Gasteiger partial charge >= 0.3 is 0 Å². The number of hydrogen-bond acceptors (Lipinski definition) is 4. The third-order valence-electron chi connectivity index (χ3n) is 5.23. The Labute approximate surface area is 168 Å². The van der Waals surface area contributed by atoms with Gasteiger partial charge in [0.25, 0.3) is 0 Å². The summed E-state index contributed by atoms with van der Waals surface area (Å²) < 4.78 is 2.12. The number of para-hydroxylation sites is 3. The maximum absolute atomic E-state index is 6.62. The number of fused-ring (bicyclic) bond motifs is 3. The molecule has 0 saturated carbocycles. The van der Waals surface area contributed by atoms with Crippen molar-refractivity contribution in [2.75, 3.05) is 11.1 Å². The Morgan fingerprint density at radius 3 is 2.00 bits per heavy atom. The third kappa shape index (κ3) is 2.79. The van der Waals surface area contributed by atoms with Crippen LogP contribution < -0.4 is 11.1 Å². The Kier molecular flexibility index (Phi) is 3.95. The van der Waals surface area contributed by atoms with Crippen molar-refractivity contribution in [2.24, 2.45) is 0 Å². The van der Waals surface area contributed by atoms with Gasteiger partial charge in [-0.1, -0.05) is 54.6 Å². The summed E-state index contributed by atoms with van der Waals surface area (Å²) in [6.45, 7) is 3.94.